The van der Waals surface area contributed by atoms with Crippen LogP contribution in [0.2, 0.25) is 0 Å². The molecule has 0 aliphatic heterocycles. The van der Waals surface area contributed by atoms with Crippen LogP contribution in [0.3, 0.4) is 0 Å². The SMILES string of the molecule is CCCCCCCCCCCCCCNCC(O)CCCCCCCCCCC. The van der Waals surface area contributed by atoms with Crippen LogP contribution in [0.15, 0.2) is 0 Å². The van der Waals surface area contributed by atoms with Crippen molar-refractivity contribution in [2.45, 2.75) is 161 Å². The Morgan fingerprint density at radius 3 is 1.24 bits per heavy atom. The summed E-state index contributed by atoms with van der Waals surface area (Å²) in [7, 11) is 0. The molecular formula is C27H57NO. The van der Waals surface area contributed by atoms with Gasteiger partial charge in [-0.15, -0.1) is 0 Å². The van der Waals surface area contributed by atoms with Crippen molar-refractivity contribution in [3.8, 4) is 0 Å². The first-order chi connectivity index (χ1) is 14.3. The topological polar surface area (TPSA) is 32.3 Å². The third-order valence-electron chi connectivity index (χ3n) is 6.23. The number of rotatable bonds is 25. The van der Waals surface area contributed by atoms with Gasteiger partial charge in [-0.2, -0.15) is 0 Å². The van der Waals surface area contributed by atoms with Crippen molar-refractivity contribution in [2.75, 3.05) is 13.1 Å². The van der Waals surface area contributed by atoms with Gasteiger partial charge in [-0.25, -0.2) is 0 Å². The molecular weight excluding hydrogens is 354 g/mol. The summed E-state index contributed by atoms with van der Waals surface area (Å²) >= 11 is 0. The van der Waals surface area contributed by atoms with Gasteiger partial charge in [0.25, 0.3) is 0 Å². The zero-order valence-electron chi connectivity index (χ0n) is 20.5. The van der Waals surface area contributed by atoms with Gasteiger partial charge in [-0.1, -0.05) is 142 Å². The summed E-state index contributed by atoms with van der Waals surface area (Å²) in [5.74, 6) is 0. The minimum atomic E-state index is -0.142. The summed E-state index contributed by atoms with van der Waals surface area (Å²) in [4.78, 5) is 0. The Hall–Kier alpha value is -0.0800. The van der Waals surface area contributed by atoms with Gasteiger partial charge < -0.3 is 10.4 Å². The van der Waals surface area contributed by atoms with E-state index < -0.39 is 0 Å². The van der Waals surface area contributed by atoms with Crippen molar-refractivity contribution in [3.63, 3.8) is 0 Å². The highest BCUT2D eigenvalue weighted by Crippen LogP contribution is 2.12. The van der Waals surface area contributed by atoms with Crippen molar-refractivity contribution in [1.29, 1.82) is 0 Å². The monoisotopic (exact) mass is 411 g/mol. The van der Waals surface area contributed by atoms with E-state index in [1.807, 2.05) is 0 Å². The van der Waals surface area contributed by atoms with Crippen molar-refractivity contribution >= 4 is 0 Å². The third-order valence-corrected chi connectivity index (χ3v) is 6.23. The van der Waals surface area contributed by atoms with Gasteiger partial charge in [-0.05, 0) is 19.4 Å². The standard InChI is InChI=1S/C27H57NO/c1-3-5-7-9-11-13-14-15-17-19-21-23-25-28-26-27(29)24-22-20-18-16-12-10-8-6-4-2/h27-29H,3-26H2,1-2H3. The van der Waals surface area contributed by atoms with E-state index in [1.54, 1.807) is 0 Å². The lowest BCUT2D eigenvalue weighted by molar-refractivity contribution is 0.158. The zero-order valence-corrected chi connectivity index (χ0v) is 20.5. The molecule has 2 heteroatoms. The van der Waals surface area contributed by atoms with Gasteiger partial charge in [-0.3, -0.25) is 0 Å². The smallest absolute Gasteiger partial charge is 0.0664 e. The fourth-order valence-corrected chi connectivity index (χ4v) is 4.15. The van der Waals surface area contributed by atoms with Gasteiger partial charge in [0, 0.05) is 6.54 Å². The van der Waals surface area contributed by atoms with E-state index in [1.165, 1.54) is 135 Å². The highest BCUT2D eigenvalue weighted by atomic mass is 16.3. The van der Waals surface area contributed by atoms with E-state index in [9.17, 15) is 5.11 Å². The molecule has 0 saturated heterocycles. The summed E-state index contributed by atoms with van der Waals surface area (Å²) in [6.07, 6.45) is 29.9. The fraction of sp³-hybridized carbons (Fsp3) is 1.00. The lowest BCUT2D eigenvalue weighted by Crippen LogP contribution is -2.27. The molecule has 0 bridgehead atoms. The summed E-state index contributed by atoms with van der Waals surface area (Å²) < 4.78 is 0. The summed E-state index contributed by atoms with van der Waals surface area (Å²) in [5.41, 5.74) is 0. The first-order valence-electron chi connectivity index (χ1n) is 13.7. The summed E-state index contributed by atoms with van der Waals surface area (Å²) in [6.45, 7) is 6.43. The molecule has 0 heterocycles. The van der Waals surface area contributed by atoms with Gasteiger partial charge in [0.2, 0.25) is 0 Å². The second kappa shape index (κ2) is 26.0. The van der Waals surface area contributed by atoms with Crippen LogP contribution in [-0.4, -0.2) is 24.3 Å². The van der Waals surface area contributed by atoms with Crippen molar-refractivity contribution in [1.82, 2.24) is 5.32 Å². The number of aliphatic hydroxyl groups is 1. The number of hydrogen-bond donors (Lipinski definition) is 2. The van der Waals surface area contributed by atoms with E-state index in [4.69, 9.17) is 0 Å². The Kier molecular flexibility index (Phi) is 25.9. The molecule has 0 rings (SSSR count). The van der Waals surface area contributed by atoms with E-state index in [0.29, 0.717) is 0 Å². The summed E-state index contributed by atoms with van der Waals surface area (Å²) in [5, 5.41) is 13.5. The van der Waals surface area contributed by atoms with Crippen LogP contribution >= 0.6 is 0 Å². The second-order valence-corrected chi connectivity index (χ2v) is 9.36. The predicted molar refractivity (Wildman–Crippen MR) is 132 cm³/mol. The average Bonchev–Trinajstić information content (AvgIpc) is 2.72. The Bertz CT molecular complexity index is 282. The molecule has 2 nitrogen and oxygen atoms in total. The summed E-state index contributed by atoms with van der Waals surface area (Å²) in [6, 6.07) is 0. The molecule has 0 aromatic rings. The highest BCUT2D eigenvalue weighted by molar-refractivity contribution is 4.60. The van der Waals surface area contributed by atoms with E-state index in [2.05, 4.69) is 19.2 Å². The van der Waals surface area contributed by atoms with Crippen LogP contribution in [0.4, 0.5) is 0 Å². The molecule has 0 radical (unpaired) electrons. The molecule has 0 aliphatic rings. The third kappa shape index (κ3) is 25.9. The molecule has 0 spiro atoms. The first kappa shape index (κ1) is 28.9. The maximum atomic E-state index is 10.1. The highest BCUT2D eigenvalue weighted by Gasteiger charge is 2.03. The molecule has 1 atom stereocenters. The quantitative estimate of drug-likeness (QED) is 0.147. The Balaban J connectivity index is 3.12. The van der Waals surface area contributed by atoms with E-state index in [0.717, 1.165) is 19.5 Å². The molecule has 2 N–H and O–H groups in total. The van der Waals surface area contributed by atoms with Crippen LogP contribution in [0.25, 0.3) is 0 Å². The molecule has 0 saturated carbocycles. The maximum Gasteiger partial charge on any atom is 0.0664 e. The van der Waals surface area contributed by atoms with Gasteiger partial charge in [0.05, 0.1) is 6.10 Å². The minimum Gasteiger partial charge on any atom is -0.392 e. The van der Waals surface area contributed by atoms with Crippen LogP contribution in [0.5, 0.6) is 0 Å². The predicted octanol–water partition coefficient (Wildman–Crippen LogP) is 8.56. The van der Waals surface area contributed by atoms with E-state index in [-0.39, 0.29) is 6.10 Å². The zero-order chi connectivity index (χ0) is 21.3. The van der Waals surface area contributed by atoms with Crippen LogP contribution in [0, 0.1) is 0 Å². The Morgan fingerprint density at radius 1 is 0.483 bits per heavy atom. The largest absolute Gasteiger partial charge is 0.392 e. The Labute approximate surface area is 185 Å². The molecule has 0 aromatic heterocycles. The van der Waals surface area contributed by atoms with Gasteiger partial charge in [0.15, 0.2) is 0 Å². The van der Waals surface area contributed by atoms with Gasteiger partial charge >= 0.3 is 0 Å². The molecule has 0 amide bonds. The molecule has 29 heavy (non-hydrogen) atoms. The lowest BCUT2D eigenvalue weighted by atomic mass is 10.0. The van der Waals surface area contributed by atoms with Crippen LogP contribution in [-0.2, 0) is 0 Å². The molecule has 0 fully saturated rings. The number of aliphatic hydroxyl groups excluding tert-OH is 1. The lowest BCUT2D eigenvalue weighted by Gasteiger charge is -2.11. The van der Waals surface area contributed by atoms with E-state index >= 15 is 0 Å². The maximum absolute atomic E-state index is 10.1. The van der Waals surface area contributed by atoms with Crippen LogP contribution in [0.1, 0.15) is 155 Å². The molecule has 1 unspecified atom stereocenters. The molecule has 0 aliphatic carbocycles. The molecule has 0 aromatic carbocycles. The normalized spacial score (nSPS) is 12.5. The number of nitrogens with one attached hydrogen (secondary N) is 1. The van der Waals surface area contributed by atoms with Crippen molar-refractivity contribution < 1.29 is 5.11 Å². The van der Waals surface area contributed by atoms with Gasteiger partial charge in [0.1, 0.15) is 0 Å². The average molecular weight is 412 g/mol. The second-order valence-electron chi connectivity index (χ2n) is 9.36. The Morgan fingerprint density at radius 2 is 0.828 bits per heavy atom. The molecule has 176 valence electrons. The number of unbranched alkanes of at least 4 members (excludes halogenated alkanes) is 19. The fourth-order valence-electron chi connectivity index (χ4n) is 4.15. The van der Waals surface area contributed by atoms with Crippen LogP contribution < -0.4 is 5.32 Å². The van der Waals surface area contributed by atoms with Crippen molar-refractivity contribution in [3.05, 3.63) is 0 Å². The first-order valence-corrected chi connectivity index (χ1v) is 13.7. The number of hydrogen-bond acceptors (Lipinski definition) is 2. The minimum absolute atomic E-state index is 0.142. The van der Waals surface area contributed by atoms with Crippen molar-refractivity contribution in [2.24, 2.45) is 0 Å².